The molecule has 0 aliphatic heterocycles. The van der Waals surface area contributed by atoms with Crippen LogP contribution in [0.15, 0.2) is 51.8 Å². The van der Waals surface area contributed by atoms with Crippen molar-refractivity contribution in [1.29, 1.82) is 0 Å². The van der Waals surface area contributed by atoms with Gasteiger partial charge in [-0.15, -0.1) is 11.8 Å². The summed E-state index contributed by atoms with van der Waals surface area (Å²) >= 11 is 4.95. The molecular formula is C14H13BrF2N2S. The number of rotatable bonds is 5. The van der Waals surface area contributed by atoms with E-state index in [2.05, 4.69) is 21.4 Å². The van der Waals surface area contributed by atoms with Crippen molar-refractivity contribution in [3.8, 4) is 0 Å². The summed E-state index contributed by atoms with van der Waals surface area (Å²) in [7, 11) is 0. The van der Waals surface area contributed by atoms with E-state index in [1.54, 1.807) is 0 Å². The van der Waals surface area contributed by atoms with E-state index in [0.717, 1.165) is 21.5 Å². The Hall–Kier alpha value is -0.950. The van der Waals surface area contributed by atoms with Crippen molar-refractivity contribution in [2.24, 2.45) is 5.84 Å². The van der Waals surface area contributed by atoms with Gasteiger partial charge in [-0.05, 0) is 46.3 Å². The summed E-state index contributed by atoms with van der Waals surface area (Å²) in [4.78, 5) is 1.02. The second kappa shape index (κ2) is 7.17. The Balaban J connectivity index is 2.13. The quantitative estimate of drug-likeness (QED) is 0.481. The number of benzene rings is 2. The Morgan fingerprint density at radius 1 is 1.20 bits per heavy atom. The van der Waals surface area contributed by atoms with Gasteiger partial charge in [0.1, 0.15) is 11.6 Å². The second-order valence-electron chi connectivity index (χ2n) is 4.13. The van der Waals surface area contributed by atoms with Gasteiger partial charge in [0.15, 0.2) is 0 Å². The molecule has 0 bridgehead atoms. The molecule has 0 saturated carbocycles. The molecule has 2 nitrogen and oxygen atoms in total. The third-order valence-corrected chi connectivity index (χ3v) is 4.90. The Morgan fingerprint density at radius 2 is 1.95 bits per heavy atom. The number of nitrogens with two attached hydrogens (primary N) is 1. The average Bonchev–Trinajstić information content (AvgIpc) is 2.45. The highest BCUT2D eigenvalue weighted by Crippen LogP contribution is 2.31. The zero-order valence-corrected chi connectivity index (χ0v) is 12.8. The summed E-state index contributed by atoms with van der Waals surface area (Å²) in [6.07, 6.45) is 0. The van der Waals surface area contributed by atoms with Crippen molar-refractivity contribution >= 4 is 27.7 Å². The van der Waals surface area contributed by atoms with Gasteiger partial charge in [0, 0.05) is 20.7 Å². The number of hydrogen-bond donors (Lipinski definition) is 2. The molecule has 0 saturated heterocycles. The van der Waals surface area contributed by atoms with Gasteiger partial charge >= 0.3 is 0 Å². The Bertz CT molecular complexity index is 595. The molecule has 0 aliphatic rings. The second-order valence-corrected chi connectivity index (χ2v) is 6.04. The summed E-state index contributed by atoms with van der Waals surface area (Å²) in [5.41, 5.74) is 2.76. The molecule has 0 fully saturated rings. The van der Waals surface area contributed by atoms with Crippen molar-refractivity contribution in [3.05, 3.63) is 64.1 Å². The summed E-state index contributed by atoms with van der Waals surface area (Å²) in [5, 5.41) is 0. The Labute approximate surface area is 128 Å². The molecule has 0 aliphatic carbocycles. The maximum absolute atomic E-state index is 13.7. The third-order valence-electron chi connectivity index (χ3n) is 2.78. The van der Waals surface area contributed by atoms with Crippen molar-refractivity contribution in [3.63, 3.8) is 0 Å². The zero-order chi connectivity index (χ0) is 14.5. The van der Waals surface area contributed by atoms with Crippen LogP contribution in [0.5, 0.6) is 0 Å². The van der Waals surface area contributed by atoms with E-state index in [0.29, 0.717) is 5.75 Å². The smallest absolute Gasteiger partial charge is 0.128 e. The first-order chi connectivity index (χ1) is 9.61. The van der Waals surface area contributed by atoms with Crippen LogP contribution in [-0.4, -0.2) is 5.75 Å². The predicted octanol–water partition coefficient (Wildman–Crippen LogP) is 4.02. The standard InChI is InChI=1S/C14H13BrF2N2S/c15-11-3-1-2-4-14(11)20-8-13(19-18)10-7-9(16)5-6-12(10)17/h1-7,13,19H,8,18H2. The molecule has 1 atom stereocenters. The molecule has 1 unspecified atom stereocenters. The first kappa shape index (κ1) is 15.4. The van der Waals surface area contributed by atoms with E-state index in [9.17, 15) is 8.78 Å². The summed E-state index contributed by atoms with van der Waals surface area (Å²) in [6.45, 7) is 0. The van der Waals surface area contributed by atoms with Crippen molar-refractivity contribution in [2.45, 2.75) is 10.9 Å². The fraction of sp³-hybridized carbons (Fsp3) is 0.143. The van der Waals surface area contributed by atoms with Gasteiger partial charge in [-0.3, -0.25) is 11.3 Å². The lowest BCUT2D eigenvalue weighted by Gasteiger charge is -2.17. The maximum Gasteiger partial charge on any atom is 0.128 e. The number of thioether (sulfide) groups is 1. The summed E-state index contributed by atoms with van der Waals surface area (Å²) in [5.74, 6) is 5.00. The van der Waals surface area contributed by atoms with Crippen LogP contribution in [0.1, 0.15) is 11.6 Å². The van der Waals surface area contributed by atoms with Gasteiger partial charge in [0.25, 0.3) is 0 Å². The van der Waals surface area contributed by atoms with Gasteiger partial charge in [0.05, 0.1) is 6.04 Å². The van der Waals surface area contributed by atoms with E-state index in [1.165, 1.54) is 17.8 Å². The topological polar surface area (TPSA) is 38.0 Å². The molecule has 20 heavy (non-hydrogen) atoms. The highest BCUT2D eigenvalue weighted by Gasteiger charge is 2.16. The van der Waals surface area contributed by atoms with Crippen LogP contribution in [0.3, 0.4) is 0 Å². The fourth-order valence-electron chi connectivity index (χ4n) is 1.74. The first-order valence-electron chi connectivity index (χ1n) is 5.90. The number of hydrogen-bond acceptors (Lipinski definition) is 3. The number of hydrazine groups is 1. The van der Waals surface area contributed by atoms with E-state index in [-0.39, 0.29) is 5.56 Å². The summed E-state index contributed by atoms with van der Waals surface area (Å²) < 4.78 is 27.9. The van der Waals surface area contributed by atoms with Gasteiger partial charge in [-0.1, -0.05) is 12.1 Å². The number of halogens is 3. The fourth-order valence-corrected chi connectivity index (χ4v) is 3.38. The maximum atomic E-state index is 13.7. The molecule has 6 heteroatoms. The molecule has 3 N–H and O–H groups in total. The van der Waals surface area contributed by atoms with Crippen LogP contribution in [0.25, 0.3) is 0 Å². The minimum Gasteiger partial charge on any atom is -0.271 e. The largest absolute Gasteiger partial charge is 0.271 e. The van der Waals surface area contributed by atoms with Crippen LogP contribution in [0, 0.1) is 11.6 Å². The molecule has 0 aromatic heterocycles. The van der Waals surface area contributed by atoms with Crippen molar-refractivity contribution in [1.82, 2.24) is 5.43 Å². The van der Waals surface area contributed by atoms with Crippen molar-refractivity contribution < 1.29 is 8.78 Å². The lowest BCUT2D eigenvalue weighted by Crippen LogP contribution is -2.30. The average molecular weight is 359 g/mol. The van der Waals surface area contributed by atoms with E-state index in [1.807, 2.05) is 24.3 Å². The van der Waals surface area contributed by atoms with Crippen LogP contribution in [-0.2, 0) is 0 Å². The highest BCUT2D eigenvalue weighted by molar-refractivity contribution is 9.10. The molecular weight excluding hydrogens is 346 g/mol. The van der Waals surface area contributed by atoms with Gasteiger partial charge < -0.3 is 0 Å². The molecule has 0 spiro atoms. The van der Waals surface area contributed by atoms with E-state index < -0.39 is 17.7 Å². The SMILES string of the molecule is NNC(CSc1ccccc1Br)c1cc(F)ccc1F. The predicted molar refractivity (Wildman–Crippen MR) is 81.3 cm³/mol. The van der Waals surface area contributed by atoms with Crippen molar-refractivity contribution in [2.75, 3.05) is 5.75 Å². The van der Waals surface area contributed by atoms with E-state index in [4.69, 9.17) is 5.84 Å². The van der Waals surface area contributed by atoms with Crippen LogP contribution >= 0.6 is 27.7 Å². The zero-order valence-electron chi connectivity index (χ0n) is 10.4. The minimum atomic E-state index is -0.479. The molecule has 0 amide bonds. The molecule has 2 aromatic carbocycles. The van der Waals surface area contributed by atoms with Gasteiger partial charge in [-0.25, -0.2) is 8.78 Å². The minimum absolute atomic E-state index is 0.229. The monoisotopic (exact) mass is 358 g/mol. The van der Waals surface area contributed by atoms with Gasteiger partial charge in [0.2, 0.25) is 0 Å². The molecule has 0 heterocycles. The lowest BCUT2D eigenvalue weighted by molar-refractivity contribution is 0.534. The summed E-state index contributed by atoms with van der Waals surface area (Å²) in [6, 6.07) is 10.6. The van der Waals surface area contributed by atoms with Crippen LogP contribution < -0.4 is 11.3 Å². The Kier molecular flexibility index (Phi) is 5.54. The molecule has 106 valence electrons. The van der Waals surface area contributed by atoms with Crippen LogP contribution in [0.4, 0.5) is 8.78 Å². The van der Waals surface area contributed by atoms with Crippen LogP contribution in [0.2, 0.25) is 0 Å². The molecule has 2 aromatic rings. The first-order valence-corrected chi connectivity index (χ1v) is 7.68. The molecule has 2 rings (SSSR count). The third kappa shape index (κ3) is 3.79. The Morgan fingerprint density at radius 3 is 2.65 bits per heavy atom. The number of nitrogens with one attached hydrogen (secondary N) is 1. The van der Waals surface area contributed by atoms with Gasteiger partial charge in [-0.2, -0.15) is 0 Å². The highest BCUT2D eigenvalue weighted by atomic mass is 79.9. The van der Waals surface area contributed by atoms with E-state index >= 15 is 0 Å². The molecule has 0 radical (unpaired) electrons. The lowest BCUT2D eigenvalue weighted by atomic mass is 10.1. The normalized spacial score (nSPS) is 12.4.